The van der Waals surface area contributed by atoms with Gasteiger partial charge in [-0.25, -0.2) is 14.4 Å². The molecule has 0 amide bonds. The third kappa shape index (κ3) is 1.75. The smallest absolute Gasteiger partial charge is 0.158 e. The molecule has 90 valence electrons. The number of hydrogen-bond acceptors (Lipinski definition) is 2. The molecule has 0 spiro atoms. The highest BCUT2D eigenvalue weighted by molar-refractivity contribution is 6.29. The molecule has 0 fully saturated rings. The van der Waals surface area contributed by atoms with Crippen LogP contribution in [0.1, 0.15) is 0 Å². The van der Waals surface area contributed by atoms with E-state index in [4.69, 9.17) is 11.6 Å². The first-order valence-corrected chi connectivity index (χ1v) is 5.77. The largest absolute Gasteiger partial charge is 0.327 e. The molecule has 0 aliphatic carbocycles. The van der Waals surface area contributed by atoms with Crippen LogP contribution in [0.25, 0.3) is 22.4 Å². The van der Waals surface area contributed by atoms with E-state index in [0.717, 1.165) is 22.4 Å². The van der Waals surface area contributed by atoms with Crippen LogP contribution < -0.4 is 0 Å². The molecule has 2 aromatic heterocycles. The lowest BCUT2D eigenvalue weighted by Crippen LogP contribution is -1.93. The van der Waals surface area contributed by atoms with Gasteiger partial charge >= 0.3 is 0 Å². The minimum absolute atomic E-state index is 0.253. The van der Waals surface area contributed by atoms with Crippen molar-refractivity contribution < 1.29 is 4.39 Å². The van der Waals surface area contributed by atoms with Crippen LogP contribution in [0, 0.1) is 5.82 Å². The molecule has 0 radical (unpaired) electrons. The summed E-state index contributed by atoms with van der Waals surface area (Å²) >= 11 is 5.81. The van der Waals surface area contributed by atoms with Crippen molar-refractivity contribution in [3.05, 3.63) is 47.5 Å². The lowest BCUT2D eigenvalue weighted by molar-refractivity contribution is 0.628. The van der Waals surface area contributed by atoms with E-state index in [2.05, 4.69) is 9.97 Å². The van der Waals surface area contributed by atoms with Crippen LogP contribution in [-0.4, -0.2) is 14.5 Å². The molecular formula is C13H9ClFN3. The van der Waals surface area contributed by atoms with Gasteiger partial charge in [0.25, 0.3) is 0 Å². The molecule has 0 saturated carbocycles. The van der Waals surface area contributed by atoms with E-state index in [9.17, 15) is 4.39 Å². The van der Waals surface area contributed by atoms with Crippen LogP contribution >= 0.6 is 11.6 Å². The van der Waals surface area contributed by atoms with Crippen molar-refractivity contribution in [3.8, 4) is 11.3 Å². The summed E-state index contributed by atoms with van der Waals surface area (Å²) in [5.74, 6) is -0.253. The number of hydrogen-bond donors (Lipinski definition) is 0. The zero-order valence-electron chi connectivity index (χ0n) is 9.56. The van der Waals surface area contributed by atoms with Crippen LogP contribution in [0.5, 0.6) is 0 Å². The van der Waals surface area contributed by atoms with Crippen LogP contribution in [-0.2, 0) is 7.05 Å². The molecule has 0 bridgehead atoms. The summed E-state index contributed by atoms with van der Waals surface area (Å²) in [5.41, 5.74) is 3.31. The maximum Gasteiger partial charge on any atom is 0.158 e. The number of aromatic nitrogens is 3. The van der Waals surface area contributed by atoms with Gasteiger partial charge < -0.3 is 4.57 Å². The Morgan fingerprint density at radius 1 is 1.22 bits per heavy atom. The molecule has 0 aliphatic heterocycles. The Kier molecular flexibility index (Phi) is 2.52. The van der Waals surface area contributed by atoms with E-state index in [1.165, 1.54) is 18.3 Å². The monoisotopic (exact) mass is 261 g/mol. The summed E-state index contributed by atoms with van der Waals surface area (Å²) in [6, 6.07) is 8.21. The Balaban J connectivity index is 2.23. The Morgan fingerprint density at radius 2 is 1.94 bits per heavy atom. The molecule has 3 rings (SSSR count). The highest BCUT2D eigenvalue weighted by atomic mass is 35.5. The predicted octanol–water partition coefficient (Wildman–Crippen LogP) is 3.43. The van der Waals surface area contributed by atoms with Gasteiger partial charge in [-0.15, -0.1) is 0 Å². The number of rotatable bonds is 1. The van der Waals surface area contributed by atoms with Gasteiger partial charge in [0.05, 0.1) is 11.9 Å². The fourth-order valence-electron chi connectivity index (χ4n) is 1.97. The SMILES string of the molecule is Cn1c(-c2ccc(F)cc2)cc2nc(Cl)cnc21. The minimum atomic E-state index is -0.253. The Labute approximate surface area is 108 Å². The molecule has 0 aliphatic rings. The van der Waals surface area contributed by atoms with Gasteiger partial charge in [0.15, 0.2) is 5.65 Å². The average molecular weight is 262 g/mol. The van der Waals surface area contributed by atoms with Gasteiger partial charge in [-0.2, -0.15) is 0 Å². The fraction of sp³-hybridized carbons (Fsp3) is 0.0769. The molecule has 3 aromatic rings. The van der Waals surface area contributed by atoms with Crippen LogP contribution in [0.2, 0.25) is 5.15 Å². The summed E-state index contributed by atoms with van der Waals surface area (Å²) in [5, 5.41) is 0.360. The van der Waals surface area contributed by atoms with Crippen molar-refractivity contribution in [3.63, 3.8) is 0 Å². The van der Waals surface area contributed by atoms with E-state index in [0.29, 0.717) is 5.15 Å². The lowest BCUT2D eigenvalue weighted by Gasteiger charge is -2.03. The van der Waals surface area contributed by atoms with Gasteiger partial charge in [-0.1, -0.05) is 11.6 Å². The summed E-state index contributed by atoms with van der Waals surface area (Å²) in [6.07, 6.45) is 1.51. The van der Waals surface area contributed by atoms with Crippen molar-refractivity contribution in [2.24, 2.45) is 7.05 Å². The van der Waals surface area contributed by atoms with E-state index in [1.807, 2.05) is 17.7 Å². The fourth-order valence-corrected chi connectivity index (χ4v) is 2.11. The van der Waals surface area contributed by atoms with E-state index in [1.54, 1.807) is 12.1 Å². The van der Waals surface area contributed by atoms with Gasteiger partial charge in [0.1, 0.15) is 16.5 Å². The van der Waals surface area contributed by atoms with Gasteiger partial charge in [0, 0.05) is 7.05 Å². The zero-order valence-corrected chi connectivity index (χ0v) is 10.3. The zero-order chi connectivity index (χ0) is 12.7. The molecule has 0 N–H and O–H groups in total. The van der Waals surface area contributed by atoms with Crippen LogP contribution in [0.15, 0.2) is 36.5 Å². The van der Waals surface area contributed by atoms with Gasteiger partial charge in [-0.3, -0.25) is 0 Å². The molecule has 1 aromatic carbocycles. The highest BCUT2D eigenvalue weighted by Crippen LogP contribution is 2.25. The number of nitrogens with zero attached hydrogens (tertiary/aromatic N) is 3. The lowest BCUT2D eigenvalue weighted by atomic mass is 10.1. The van der Waals surface area contributed by atoms with Crippen molar-refractivity contribution in [2.45, 2.75) is 0 Å². The number of aryl methyl sites for hydroxylation is 1. The van der Waals surface area contributed by atoms with Crippen molar-refractivity contribution >= 4 is 22.8 Å². The third-order valence-corrected chi connectivity index (χ3v) is 3.02. The first-order valence-electron chi connectivity index (χ1n) is 5.39. The first kappa shape index (κ1) is 11.2. The summed E-state index contributed by atoms with van der Waals surface area (Å²) in [6.45, 7) is 0. The van der Waals surface area contributed by atoms with Crippen molar-refractivity contribution in [2.75, 3.05) is 0 Å². The molecule has 3 nitrogen and oxygen atoms in total. The number of benzene rings is 1. The molecule has 0 atom stereocenters. The van der Waals surface area contributed by atoms with E-state index < -0.39 is 0 Å². The summed E-state index contributed by atoms with van der Waals surface area (Å²) in [7, 11) is 1.89. The first-order chi connectivity index (χ1) is 8.65. The van der Waals surface area contributed by atoms with Crippen LogP contribution in [0.4, 0.5) is 4.39 Å². The second-order valence-corrected chi connectivity index (χ2v) is 4.38. The Bertz CT molecular complexity index is 719. The van der Waals surface area contributed by atoms with Gasteiger partial charge in [0.2, 0.25) is 0 Å². The maximum absolute atomic E-state index is 12.9. The van der Waals surface area contributed by atoms with E-state index >= 15 is 0 Å². The molecule has 0 saturated heterocycles. The minimum Gasteiger partial charge on any atom is -0.327 e. The number of halogens is 2. The normalized spacial score (nSPS) is 11.1. The molecule has 0 unspecified atom stereocenters. The molecule has 5 heteroatoms. The molecular weight excluding hydrogens is 253 g/mol. The van der Waals surface area contributed by atoms with Crippen molar-refractivity contribution in [1.82, 2.24) is 14.5 Å². The maximum atomic E-state index is 12.9. The average Bonchev–Trinajstić information content (AvgIpc) is 2.67. The Morgan fingerprint density at radius 3 is 2.67 bits per heavy atom. The summed E-state index contributed by atoms with van der Waals surface area (Å²) in [4.78, 5) is 8.45. The number of fused-ring (bicyclic) bond motifs is 1. The topological polar surface area (TPSA) is 30.7 Å². The second kappa shape index (κ2) is 4.07. The predicted molar refractivity (Wildman–Crippen MR) is 68.9 cm³/mol. The standard InChI is InChI=1S/C13H9ClFN3/c1-18-11(8-2-4-9(15)5-3-8)6-10-13(18)16-7-12(14)17-10/h2-7H,1H3. The molecule has 18 heavy (non-hydrogen) atoms. The third-order valence-electron chi connectivity index (χ3n) is 2.84. The van der Waals surface area contributed by atoms with Gasteiger partial charge in [-0.05, 0) is 35.9 Å². The van der Waals surface area contributed by atoms with Crippen LogP contribution in [0.3, 0.4) is 0 Å². The van der Waals surface area contributed by atoms with E-state index in [-0.39, 0.29) is 5.82 Å². The summed E-state index contributed by atoms with van der Waals surface area (Å²) < 4.78 is 14.8. The quantitative estimate of drug-likeness (QED) is 0.672. The Hall–Kier alpha value is -1.94. The molecule has 2 heterocycles. The highest BCUT2D eigenvalue weighted by Gasteiger charge is 2.10. The van der Waals surface area contributed by atoms with Crippen molar-refractivity contribution in [1.29, 1.82) is 0 Å². The second-order valence-electron chi connectivity index (χ2n) is 4.00.